The Morgan fingerprint density at radius 3 is 1.93 bits per heavy atom. The Kier molecular flexibility index (Phi) is 1.70. The molecule has 0 N–H and O–H groups in total. The molecule has 0 bridgehead atoms. The van der Waals surface area contributed by atoms with Gasteiger partial charge in [0.05, 0.1) is 22.9 Å². The Morgan fingerprint density at radius 1 is 0.929 bits per heavy atom. The van der Waals surface area contributed by atoms with Crippen LogP contribution in [0.5, 0.6) is 0 Å². The molecule has 0 aliphatic carbocycles. The van der Waals surface area contributed by atoms with Gasteiger partial charge in [-0.25, -0.2) is 12.7 Å². The third-order valence-corrected chi connectivity index (χ3v) is 3.15. The molecular formula is C10H6IN3. The fourth-order valence-corrected chi connectivity index (χ4v) is 2.40. The van der Waals surface area contributed by atoms with Gasteiger partial charge in [-0.15, -0.1) is 0 Å². The van der Waals surface area contributed by atoms with Gasteiger partial charge in [-0.05, 0) is 24.3 Å². The lowest BCUT2D eigenvalue weighted by atomic mass is 10.2. The molecule has 0 radical (unpaired) electrons. The maximum absolute atomic E-state index is 4.33. The predicted molar refractivity (Wildman–Crippen MR) is 64.5 cm³/mol. The second-order valence-corrected chi connectivity index (χ2v) is 3.99. The van der Waals surface area contributed by atoms with E-state index in [1.165, 1.54) is 0 Å². The van der Waals surface area contributed by atoms with Crippen molar-refractivity contribution in [2.24, 2.45) is 0 Å². The first-order valence-corrected chi connectivity index (χ1v) is 5.21. The molecule has 0 saturated heterocycles. The Labute approximate surface area is 94.3 Å². The van der Waals surface area contributed by atoms with Gasteiger partial charge in [-0.1, -0.05) is 0 Å². The van der Waals surface area contributed by atoms with E-state index in [4.69, 9.17) is 0 Å². The lowest BCUT2D eigenvalue weighted by Gasteiger charge is -1.90. The van der Waals surface area contributed by atoms with E-state index < -0.39 is 0 Å². The number of aromatic nitrogens is 3. The third-order valence-electron chi connectivity index (χ3n) is 2.24. The van der Waals surface area contributed by atoms with Crippen molar-refractivity contribution >= 4 is 44.9 Å². The first-order chi connectivity index (χ1) is 6.88. The van der Waals surface area contributed by atoms with Crippen LogP contribution in [0.2, 0.25) is 0 Å². The van der Waals surface area contributed by atoms with Crippen LogP contribution in [0.1, 0.15) is 0 Å². The van der Waals surface area contributed by atoms with Gasteiger partial charge in [0.15, 0.2) is 11.3 Å². The van der Waals surface area contributed by atoms with Crippen LogP contribution < -0.4 is 0 Å². The average molecular weight is 295 g/mol. The van der Waals surface area contributed by atoms with E-state index in [0.717, 1.165) is 22.1 Å². The SMILES string of the molecule is In1c2ncccc2c2cccnc21. The van der Waals surface area contributed by atoms with E-state index in [9.17, 15) is 0 Å². The van der Waals surface area contributed by atoms with Gasteiger partial charge in [0.1, 0.15) is 0 Å². The number of pyridine rings is 2. The van der Waals surface area contributed by atoms with E-state index in [0.29, 0.717) is 0 Å². The van der Waals surface area contributed by atoms with Gasteiger partial charge in [-0.2, -0.15) is 0 Å². The molecule has 68 valence electrons. The average Bonchev–Trinajstić information content (AvgIpc) is 2.55. The summed E-state index contributed by atoms with van der Waals surface area (Å²) in [7, 11) is 0. The maximum atomic E-state index is 4.33. The molecule has 4 heteroatoms. The fraction of sp³-hybridized carbons (Fsp3) is 0. The van der Waals surface area contributed by atoms with E-state index in [-0.39, 0.29) is 0 Å². The van der Waals surface area contributed by atoms with Gasteiger partial charge in [-0.3, -0.25) is 0 Å². The molecule has 0 unspecified atom stereocenters. The van der Waals surface area contributed by atoms with Crippen molar-refractivity contribution in [1.82, 2.24) is 12.7 Å². The van der Waals surface area contributed by atoms with Crippen LogP contribution in [0.15, 0.2) is 36.7 Å². The Morgan fingerprint density at radius 2 is 1.43 bits per heavy atom. The van der Waals surface area contributed by atoms with Crippen molar-refractivity contribution < 1.29 is 0 Å². The smallest absolute Gasteiger partial charge is 0.151 e. The van der Waals surface area contributed by atoms with E-state index in [1.54, 1.807) is 12.4 Å². The summed E-state index contributed by atoms with van der Waals surface area (Å²) < 4.78 is 1.99. The fourth-order valence-electron chi connectivity index (χ4n) is 1.63. The zero-order valence-corrected chi connectivity index (χ0v) is 9.34. The summed E-state index contributed by atoms with van der Waals surface area (Å²) in [6, 6.07) is 8.04. The van der Waals surface area contributed by atoms with Crippen molar-refractivity contribution in [2.75, 3.05) is 0 Å². The summed E-state index contributed by atoms with van der Waals surface area (Å²) in [5, 5.41) is 2.31. The number of nitrogens with zero attached hydrogens (tertiary/aromatic N) is 3. The third kappa shape index (κ3) is 0.971. The van der Waals surface area contributed by atoms with Gasteiger partial charge in [0, 0.05) is 23.2 Å². The predicted octanol–water partition coefficient (Wildman–Crippen LogP) is 2.78. The lowest BCUT2D eigenvalue weighted by Crippen LogP contribution is -1.82. The number of rotatable bonds is 0. The Bertz CT molecular complexity index is 562. The summed E-state index contributed by atoms with van der Waals surface area (Å²) in [6.07, 6.45) is 3.60. The van der Waals surface area contributed by atoms with Crippen molar-refractivity contribution in [2.45, 2.75) is 0 Å². The first kappa shape index (κ1) is 8.16. The highest BCUT2D eigenvalue weighted by molar-refractivity contribution is 14.1. The molecule has 0 atom stereocenters. The van der Waals surface area contributed by atoms with E-state index in [2.05, 4.69) is 45.0 Å². The number of halogens is 1. The summed E-state index contributed by atoms with van der Waals surface area (Å²) >= 11 is 2.22. The second kappa shape index (κ2) is 2.91. The molecule has 0 aliphatic heterocycles. The number of fused-ring (bicyclic) bond motifs is 3. The summed E-state index contributed by atoms with van der Waals surface area (Å²) in [5.41, 5.74) is 1.95. The lowest BCUT2D eigenvalue weighted by molar-refractivity contribution is 1.28. The molecule has 0 amide bonds. The monoisotopic (exact) mass is 295 g/mol. The Balaban J connectivity index is 2.69. The molecule has 3 rings (SSSR count). The van der Waals surface area contributed by atoms with Crippen LogP contribution in [0, 0.1) is 0 Å². The largest absolute Gasteiger partial charge is 0.249 e. The zero-order chi connectivity index (χ0) is 9.54. The molecular weight excluding hydrogens is 289 g/mol. The standard InChI is InChI=1S/C10H6IN3/c11-14-9-7(3-1-5-12-9)8-4-2-6-13-10(8)14/h1-6H. The highest BCUT2D eigenvalue weighted by Gasteiger charge is 2.08. The topological polar surface area (TPSA) is 30.7 Å². The summed E-state index contributed by atoms with van der Waals surface area (Å²) in [5.74, 6) is 0. The van der Waals surface area contributed by atoms with Crippen LogP contribution in [-0.2, 0) is 0 Å². The highest BCUT2D eigenvalue weighted by atomic mass is 127. The van der Waals surface area contributed by atoms with Crippen molar-refractivity contribution in [3.05, 3.63) is 36.7 Å². The molecule has 0 aromatic carbocycles. The molecule has 3 aromatic heterocycles. The minimum atomic E-state index is 0.974. The minimum absolute atomic E-state index is 0.974. The van der Waals surface area contributed by atoms with Crippen molar-refractivity contribution in [3.8, 4) is 0 Å². The summed E-state index contributed by atoms with van der Waals surface area (Å²) in [4.78, 5) is 8.67. The molecule has 3 aromatic rings. The molecule has 0 fully saturated rings. The van der Waals surface area contributed by atoms with Crippen molar-refractivity contribution in [1.29, 1.82) is 0 Å². The Hall–Kier alpha value is -1.17. The van der Waals surface area contributed by atoms with E-state index in [1.807, 2.05) is 14.9 Å². The van der Waals surface area contributed by atoms with Gasteiger partial charge >= 0.3 is 0 Å². The molecule has 0 aliphatic rings. The van der Waals surface area contributed by atoms with Crippen LogP contribution >= 0.6 is 22.9 Å². The van der Waals surface area contributed by atoms with Crippen LogP contribution in [0.3, 0.4) is 0 Å². The van der Waals surface area contributed by atoms with Gasteiger partial charge in [0.25, 0.3) is 0 Å². The normalized spacial score (nSPS) is 11.2. The zero-order valence-electron chi connectivity index (χ0n) is 7.18. The number of hydrogen-bond acceptors (Lipinski definition) is 2. The maximum Gasteiger partial charge on any atom is 0.151 e. The first-order valence-electron chi connectivity index (χ1n) is 4.24. The van der Waals surface area contributed by atoms with Crippen LogP contribution in [-0.4, -0.2) is 12.7 Å². The minimum Gasteiger partial charge on any atom is -0.249 e. The number of hydrogen-bond donors (Lipinski definition) is 0. The molecule has 3 nitrogen and oxygen atoms in total. The summed E-state index contributed by atoms with van der Waals surface area (Å²) in [6.45, 7) is 0. The van der Waals surface area contributed by atoms with Gasteiger partial charge in [0.2, 0.25) is 0 Å². The quantitative estimate of drug-likeness (QED) is 0.597. The van der Waals surface area contributed by atoms with Crippen LogP contribution in [0.4, 0.5) is 0 Å². The van der Waals surface area contributed by atoms with Crippen LogP contribution in [0.25, 0.3) is 22.1 Å². The highest BCUT2D eigenvalue weighted by Crippen LogP contribution is 2.26. The van der Waals surface area contributed by atoms with Gasteiger partial charge < -0.3 is 0 Å². The molecule has 0 saturated carbocycles. The van der Waals surface area contributed by atoms with E-state index >= 15 is 0 Å². The second-order valence-electron chi connectivity index (χ2n) is 3.03. The molecule has 0 spiro atoms. The molecule has 3 heterocycles. The van der Waals surface area contributed by atoms with Crippen molar-refractivity contribution in [3.63, 3.8) is 0 Å². The molecule has 14 heavy (non-hydrogen) atoms.